The van der Waals surface area contributed by atoms with Gasteiger partial charge in [-0.05, 0) is 44.5 Å². The average Bonchev–Trinajstić information content (AvgIpc) is 3.42. The van der Waals surface area contributed by atoms with E-state index in [1.54, 1.807) is 57.4 Å². The lowest BCUT2D eigenvalue weighted by Gasteiger charge is -2.19. The van der Waals surface area contributed by atoms with Crippen LogP contribution in [-0.4, -0.2) is 42.8 Å². The lowest BCUT2D eigenvalue weighted by molar-refractivity contribution is 0.0523. The molecule has 3 heterocycles. The number of ether oxygens (including phenoxy) is 1. The standard InChI is InChI=1S/C22H24N8O3/c1-22(2,3)33-21(32)24-10-13-4-6-14(7-5-13)28-20(31)17-16(11-27-30-17)29-19-15-8-9-23-18(15)25-12-26-19/h4-9,11-12H,10H2,1-3H3,(H,24,32)(H,27,30)(H,28,31)(H2,23,25,26,29). The van der Waals surface area contributed by atoms with E-state index in [1.807, 2.05) is 6.07 Å². The van der Waals surface area contributed by atoms with Crippen LogP contribution < -0.4 is 16.0 Å². The fourth-order valence-electron chi connectivity index (χ4n) is 3.04. The molecule has 170 valence electrons. The van der Waals surface area contributed by atoms with Gasteiger partial charge in [-0.2, -0.15) is 5.10 Å². The molecule has 0 atom stereocenters. The number of carbonyl (C=O) groups is 2. The van der Waals surface area contributed by atoms with Gasteiger partial charge < -0.3 is 25.7 Å². The molecule has 3 aromatic heterocycles. The minimum absolute atomic E-state index is 0.188. The molecule has 0 aliphatic heterocycles. The van der Waals surface area contributed by atoms with Crippen molar-refractivity contribution in [3.63, 3.8) is 0 Å². The summed E-state index contributed by atoms with van der Waals surface area (Å²) >= 11 is 0. The van der Waals surface area contributed by atoms with Crippen molar-refractivity contribution in [3.8, 4) is 0 Å². The highest BCUT2D eigenvalue weighted by atomic mass is 16.6. The van der Waals surface area contributed by atoms with Gasteiger partial charge in [0.15, 0.2) is 5.69 Å². The number of benzene rings is 1. The zero-order chi connectivity index (χ0) is 23.4. The Morgan fingerprint density at radius 3 is 2.64 bits per heavy atom. The van der Waals surface area contributed by atoms with Gasteiger partial charge in [0.2, 0.25) is 0 Å². The van der Waals surface area contributed by atoms with Crippen LogP contribution in [0.5, 0.6) is 0 Å². The summed E-state index contributed by atoms with van der Waals surface area (Å²) in [5.41, 5.74) is 2.24. The molecule has 11 nitrogen and oxygen atoms in total. The van der Waals surface area contributed by atoms with Crippen LogP contribution in [0.15, 0.2) is 49.1 Å². The number of rotatable bonds is 6. The summed E-state index contributed by atoms with van der Waals surface area (Å²) < 4.78 is 5.22. The summed E-state index contributed by atoms with van der Waals surface area (Å²) in [5.74, 6) is 0.163. The Labute approximate surface area is 189 Å². The zero-order valence-corrected chi connectivity index (χ0v) is 18.4. The number of alkyl carbamates (subject to hydrolysis) is 1. The Morgan fingerprint density at radius 2 is 1.88 bits per heavy atom. The second-order valence-electron chi connectivity index (χ2n) is 8.24. The van der Waals surface area contributed by atoms with E-state index in [4.69, 9.17) is 4.74 Å². The summed E-state index contributed by atoms with van der Waals surface area (Å²) in [5, 5.41) is 16.2. The molecule has 33 heavy (non-hydrogen) atoms. The van der Waals surface area contributed by atoms with Gasteiger partial charge >= 0.3 is 6.09 Å². The molecule has 0 fully saturated rings. The summed E-state index contributed by atoms with van der Waals surface area (Å²) in [6.07, 6.45) is 4.29. The highest BCUT2D eigenvalue weighted by Gasteiger charge is 2.18. The highest BCUT2D eigenvalue weighted by Crippen LogP contribution is 2.24. The fourth-order valence-corrected chi connectivity index (χ4v) is 3.04. The van der Waals surface area contributed by atoms with E-state index in [9.17, 15) is 9.59 Å². The van der Waals surface area contributed by atoms with E-state index >= 15 is 0 Å². The molecule has 5 N–H and O–H groups in total. The SMILES string of the molecule is CC(C)(C)OC(=O)NCc1ccc(NC(=O)c2n[nH]cc2Nc2ncnc3[nH]ccc23)cc1. The molecule has 4 aromatic rings. The minimum atomic E-state index is -0.556. The molecule has 0 radical (unpaired) electrons. The monoisotopic (exact) mass is 448 g/mol. The number of aromatic nitrogens is 5. The average molecular weight is 448 g/mol. The Hall–Kier alpha value is -4.41. The Kier molecular flexibility index (Phi) is 5.94. The number of anilines is 3. The first kappa shape index (κ1) is 21.8. The van der Waals surface area contributed by atoms with Crippen molar-refractivity contribution in [2.45, 2.75) is 32.9 Å². The molecule has 2 amide bonds. The predicted octanol–water partition coefficient (Wildman–Crippen LogP) is 3.70. The summed E-state index contributed by atoms with van der Waals surface area (Å²) in [4.78, 5) is 36.0. The van der Waals surface area contributed by atoms with Crippen LogP contribution in [0.25, 0.3) is 11.0 Å². The van der Waals surface area contributed by atoms with Crippen LogP contribution in [0.1, 0.15) is 36.8 Å². The van der Waals surface area contributed by atoms with E-state index in [1.165, 1.54) is 6.33 Å². The van der Waals surface area contributed by atoms with Gasteiger partial charge in [-0.15, -0.1) is 0 Å². The number of H-pyrrole nitrogens is 2. The van der Waals surface area contributed by atoms with Crippen molar-refractivity contribution in [2.24, 2.45) is 0 Å². The first-order chi connectivity index (χ1) is 15.8. The minimum Gasteiger partial charge on any atom is -0.444 e. The Balaban J connectivity index is 1.38. The van der Waals surface area contributed by atoms with Gasteiger partial charge in [-0.25, -0.2) is 14.8 Å². The number of nitrogens with zero attached hydrogens (tertiary/aromatic N) is 3. The van der Waals surface area contributed by atoms with Gasteiger partial charge in [0.05, 0.1) is 11.1 Å². The second kappa shape index (κ2) is 8.99. The fraction of sp³-hybridized carbons (Fsp3) is 0.227. The van der Waals surface area contributed by atoms with Crippen LogP contribution >= 0.6 is 0 Å². The molecule has 0 spiro atoms. The molecule has 0 bridgehead atoms. The molecule has 1 aromatic carbocycles. The van der Waals surface area contributed by atoms with Crippen molar-refractivity contribution < 1.29 is 14.3 Å². The first-order valence-electron chi connectivity index (χ1n) is 10.2. The van der Waals surface area contributed by atoms with Crippen molar-refractivity contribution in [2.75, 3.05) is 10.6 Å². The number of amides is 2. The molecule has 0 saturated carbocycles. The third-order valence-corrected chi connectivity index (χ3v) is 4.51. The quantitative estimate of drug-likeness (QED) is 0.302. The van der Waals surface area contributed by atoms with E-state index in [-0.39, 0.29) is 5.69 Å². The number of nitrogens with one attached hydrogen (secondary N) is 5. The summed E-state index contributed by atoms with van der Waals surface area (Å²) in [6, 6.07) is 8.95. The topological polar surface area (TPSA) is 150 Å². The number of aromatic amines is 2. The molecular weight excluding hydrogens is 424 g/mol. The third kappa shape index (κ3) is 5.45. The van der Waals surface area contributed by atoms with Crippen LogP contribution in [0.2, 0.25) is 0 Å². The van der Waals surface area contributed by atoms with Crippen LogP contribution in [0.4, 0.5) is 22.0 Å². The summed E-state index contributed by atoms with van der Waals surface area (Å²) in [6.45, 7) is 5.72. The van der Waals surface area contributed by atoms with Crippen molar-refractivity contribution >= 4 is 40.2 Å². The smallest absolute Gasteiger partial charge is 0.407 e. The molecule has 0 saturated heterocycles. The number of carbonyl (C=O) groups excluding carboxylic acids is 2. The Morgan fingerprint density at radius 1 is 1.09 bits per heavy atom. The second-order valence-corrected chi connectivity index (χ2v) is 8.24. The third-order valence-electron chi connectivity index (χ3n) is 4.51. The molecule has 11 heteroatoms. The maximum atomic E-state index is 12.8. The van der Waals surface area contributed by atoms with Crippen molar-refractivity contribution in [1.82, 2.24) is 30.5 Å². The van der Waals surface area contributed by atoms with E-state index in [0.717, 1.165) is 10.9 Å². The van der Waals surface area contributed by atoms with Gasteiger partial charge in [0.1, 0.15) is 23.4 Å². The lowest BCUT2D eigenvalue weighted by atomic mass is 10.2. The maximum Gasteiger partial charge on any atom is 0.407 e. The molecule has 4 rings (SSSR count). The number of hydrogen-bond donors (Lipinski definition) is 5. The van der Waals surface area contributed by atoms with Crippen LogP contribution in [-0.2, 0) is 11.3 Å². The number of fused-ring (bicyclic) bond motifs is 1. The van der Waals surface area contributed by atoms with Gasteiger partial charge in [0, 0.05) is 24.6 Å². The van der Waals surface area contributed by atoms with Gasteiger partial charge in [-0.3, -0.25) is 9.89 Å². The van der Waals surface area contributed by atoms with Crippen molar-refractivity contribution in [3.05, 3.63) is 60.3 Å². The van der Waals surface area contributed by atoms with Crippen LogP contribution in [0.3, 0.4) is 0 Å². The van der Waals surface area contributed by atoms with E-state index in [2.05, 4.69) is 41.1 Å². The largest absolute Gasteiger partial charge is 0.444 e. The zero-order valence-electron chi connectivity index (χ0n) is 18.4. The highest BCUT2D eigenvalue weighted by molar-refractivity contribution is 6.07. The lowest BCUT2D eigenvalue weighted by Crippen LogP contribution is -2.32. The number of hydrogen-bond acceptors (Lipinski definition) is 7. The van der Waals surface area contributed by atoms with Gasteiger partial charge in [0.25, 0.3) is 5.91 Å². The van der Waals surface area contributed by atoms with Crippen molar-refractivity contribution in [1.29, 1.82) is 0 Å². The molecular formula is C22H24N8O3. The van der Waals surface area contributed by atoms with E-state index < -0.39 is 17.6 Å². The normalized spacial score (nSPS) is 11.2. The summed E-state index contributed by atoms with van der Waals surface area (Å²) in [7, 11) is 0. The Bertz CT molecular complexity index is 1270. The molecule has 0 aliphatic rings. The first-order valence-corrected chi connectivity index (χ1v) is 10.2. The molecule has 0 unspecified atom stereocenters. The predicted molar refractivity (Wildman–Crippen MR) is 123 cm³/mol. The van der Waals surface area contributed by atoms with Gasteiger partial charge in [-0.1, -0.05) is 12.1 Å². The van der Waals surface area contributed by atoms with Crippen LogP contribution in [0, 0.1) is 0 Å². The van der Waals surface area contributed by atoms with E-state index in [0.29, 0.717) is 29.4 Å². The maximum absolute atomic E-state index is 12.8. The molecule has 0 aliphatic carbocycles.